The first-order chi connectivity index (χ1) is 8.63. The second-order valence-corrected chi connectivity index (χ2v) is 4.32. The summed E-state index contributed by atoms with van der Waals surface area (Å²) in [7, 11) is 3.54. The molecule has 1 aromatic rings. The standard InChI is InChI=1S/C15H18N2O/c1-17(2)15(18)10-5-3-4-7-13-8-6-9-14(11-13)12-16/h4,6-9,11H,3,5,10H2,1-2H3/b7-4+. The van der Waals surface area contributed by atoms with Gasteiger partial charge < -0.3 is 4.90 Å². The molecule has 18 heavy (non-hydrogen) atoms. The molecule has 0 saturated heterocycles. The summed E-state index contributed by atoms with van der Waals surface area (Å²) in [6.45, 7) is 0. The van der Waals surface area contributed by atoms with E-state index in [1.807, 2.05) is 30.4 Å². The number of rotatable bonds is 5. The first-order valence-corrected chi connectivity index (χ1v) is 6.00. The van der Waals surface area contributed by atoms with Gasteiger partial charge in [0.05, 0.1) is 11.6 Å². The average molecular weight is 242 g/mol. The van der Waals surface area contributed by atoms with Gasteiger partial charge in [-0.3, -0.25) is 4.79 Å². The molecule has 1 aromatic carbocycles. The lowest BCUT2D eigenvalue weighted by molar-refractivity contribution is -0.128. The second kappa shape index (κ2) is 7.29. The smallest absolute Gasteiger partial charge is 0.222 e. The van der Waals surface area contributed by atoms with E-state index >= 15 is 0 Å². The highest BCUT2D eigenvalue weighted by molar-refractivity contribution is 5.75. The summed E-state index contributed by atoms with van der Waals surface area (Å²) in [6, 6.07) is 9.58. The van der Waals surface area contributed by atoms with E-state index in [1.165, 1.54) is 0 Å². The van der Waals surface area contributed by atoms with Crippen molar-refractivity contribution in [2.75, 3.05) is 14.1 Å². The van der Waals surface area contributed by atoms with Gasteiger partial charge in [0.15, 0.2) is 0 Å². The molecule has 0 N–H and O–H groups in total. The Morgan fingerprint density at radius 3 is 2.89 bits per heavy atom. The topological polar surface area (TPSA) is 44.1 Å². The van der Waals surface area contributed by atoms with Crippen molar-refractivity contribution in [3.05, 3.63) is 41.5 Å². The highest BCUT2D eigenvalue weighted by Crippen LogP contribution is 2.08. The van der Waals surface area contributed by atoms with Crippen molar-refractivity contribution in [3.8, 4) is 6.07 Å². The molecule has 0 aliphatic heterocycles. The predicted octanol–water partition coefficient (Wildman–Crippen LogP) is 2.83. The Morgan fingerprint density at radius 1 is 1.44 bits per heavy atom. The third-order valence-corrected chi connectivity index (χ3v) is 2.59. The van der Waals surface area contributed by atoms with E-state index in [-0.39, 0.29) is 5.91 Å². The minimum atomic E-state index is 0.162. The number of nitrogens with zero attached hydrogens (tertiary/aromatic N) is 2. The van der Waals surface area contributed by atoms with Crippen LogP contribution in [0.4, 0.5) is 0 Å². The Kier molecular flexibility index (Phi) is 5.66. The van der Waals surface area contributed by atoms with E-state index in [1.54, 1.807) is 25.1 Å². The van der Waals surface area contributed by atoms with E-state index in [4.69, 9.17) is 5.26 Å². The minimum absolute atomic E-state index is 0.162. The SMILES string of the molecule is CN(C)C(=O)CCC/C=C/c1cccc(C#N)c1. The van der Waals surface area contributed by atoms with Crippen LogP contribution < -0.4 is 0 Å². The van der Waals surface area contributed by atoms with Gasteiger partial charge in [-0.15, -0.1) is 0 Å². The zero-order valence-electron chi connectivity index (χ0n) is 10.9. The van der Waals surface area contributed by atoms with Gasteiger partial charge in [0.1, 0.15) is 0 Å². The van der Waals surface area contributed by atoms with E-state index in [9.17, 15) is 4.79 Å². The van der Waals surface area contributed by atoms with Crippen LogP contribution in [0.5, 0.6) is 0 Å². The number of nitriles is 1. The zero-order chi connectivity index (χ0) is 13.4. The van der Waals surface area contributed by atoms with Gasteiger partial charge in [0, 0.05) is 20.5 Å². The lowest BCUT2D eigenvalue weighted by Crippen LogP contribution is -2.20. The molecule has 0 aromatic heterocycles. The molecule has 0 spiro atoms. The van der Waals surface area contributed by atoms with Crippen LogP contribution in [0.2, 0.25) is 0 Å². The van der Waals surface area contributed by atoms with E-state index in [0.717, 1.165) is 18.4 Å². The summed E-state index contributed by atoms with van der Waals surface area (Å²) < 4.78 is 0. The van der Waals surface area contributed by atoms with Gasteiger partial charge >= 0.3 is 0 Å². The molecular weight excluding hydrogens is 224 g/mol. The third kappa shape index (κ3) is 4.84. The molecule has 3 nitrogen and oxygen atoms in total. The fourth-order valence-electron chi connectivity index (χ4n) is 1.53. The van der Waals surface area contributed by atoms with Crippen molar-refractivity contribution in [1.29, 1.82) is 5.26 Å². The number of hydrogen-bond donors (Lipinski definition) is 0. The Balaban J connectivity index is 2.37. The lowest BCUT2D eigenvalue weighted by Gasteiger charge is -2.08. The van der Waals surface area contributed by atoms with Crippen LogP contribution in [0.25, 0.3) is 6.08 Å². The number of allylic oxidation sites excluding steroid dienone is 1. The Bertz CT molecular complexity index is 470. The molecular formula is C15H18N2O. The van der Waals surface area contributed by atoms with Crippen molar-refractivity contribution in [3.63, 3.8) is 0 Å². The molecule has 0 aliphatic rings. The number of benzene rings is 1. The van der Waals surface area contributed by atoms with Gasteiger partial charge in [0.2, 0.25) is 5.91 Å². The Hall–Kier alpha value is -2.08. The van der Waals surface area contributed by atoms with Crippen LogP contribution in [0.15, 0.2) is 30.3 Å². The second-order valence-electron chi connectivity index (χ2n) is 4.32. The molecule has 3 heteroatoms. The highest BCUT2D eigenvalue weighted by atomic mass is 16.2. The quantitative estimate of drug-likeness (QED) is 0.745. The van der Waals surface area contributed by atoms with Crippen molar-refractivity contribution in [2.45, 2.75) is 19.3 Å². The molecule has 0 atom stereocenters. The molecule has 0 unspecified atom stereocenters. The predicted molar refractivity (Wildman–Crippen MR) is 72.7 cm³/mol. The molecule has 0 saturated carbocycles. The van der Waals surface area contributed by atoms with Gasteiger partial charge in [-0.1, -0.05) is 24.3 Å². The van der Waals surface area contributed by atoms with E-state index < -0.39 is 0 Å². The molecule has 0 heterocycles. The summed E-state index contributed by atoms with van der Waals surface area (Å²) >= 11 is 0. The molecule has 0 aliphatic carbocycles. The maximum Gasteiger partial charge on any atom is 0.222 e. The Morgan fingerprint density at radius 2 is 2.22 bits per heavy atom. The van der Waals surface area contributed by atoms with Crippen LogP contribution in [0.3, 0.4) is 0 Å². The number of carbonyl (C=O) groups is 1. The molecule has 0 radical (unpaired) electrons. The number of amides is 1. The van der Waals surface area contributed by atoms with E-state index in [0.29, 0.717) is 12.0 Å². The number of unbranched alkanes of at least 4 members (excludes halogenated alkanes) is 1. The first-order valence-electron chi connectivity index (χ1n) is 6.00. The maximum atomic E-state index is 11.3. The van der Waals surface area contributed by atoms with E-state index in [2.05, 4.69) is 6.07 Å². The third-order valence-electron chi connectivity index (χ3n) is 2.59. The van der Waals surface area contributed by atoms with Crippen molar-refractivity contribution >= 4 is 12.0 Å². The summed E-state index contributed by atoms with van der Waals surface area (Å²) in [6.07, 6.45) is 6.33. The lowest BCUT2D eigenvalue weighted by atomic mass is 10.1. The number of carbonyl (C=O) groups excluding carboxylic acids is 1. The Labute approximate surface area is 108 Å². The summed E-state index contributed by atoms with van der Waals surface area (Å²) in [4.78, 5) is 12.9. The normalized spacial score (nSPS) is 10.3. The van der Waals surface area contributed by atoms with Gasteiger partial charge in [-0.05, 0) is 30.5 Å². The van der Waals surface area contributed by atoms with Crippen LogP contribution in [0, 0.1) is 11.3 Å². The highest BCUT2D eigenvalue weighted by Gasteiger charge is 2.01. The molecule has 0 bridgehead atoms. The van der Waals surface area contributed by atoms with Crippen molar-refractivity contribution < 1.29 is 4.79 Å². The van der Waals surface area contributed by atoms with Crippen molar-refractivity contribution in [1.82, 2.24) is 4.90 Å². The molecule has 0 fully saturated rings. The van der Waals surface area contributed by atoms with Gasteiger partial charge in [-0.25, -0.2) is 0 Å². The maximum absolute atomic E-state index is 11.3. The summed E-state index contributed by atoms with van der Waals surface area (Å²) in [5.74, 6) is 0.162. The van der Waals surface area contributed by atoms with Crippen molar-refractivity contribution in [2.24, 2.45) is 0 Å². The van der Waals surface area contributed by atoms with Crippen LogP contribution in [0.1, 0.15) is 30.4 Å². The summed E-state index contributed by atoms with van der Waals surface area (Å²) in [5, 5.41) is 8.77. The van der Waals surface area contributed by atoms with Crippen LogP contribution in [-0.2, 0) is 4.79 Å². The first kappa shape index (κ1) is 14.0. The zero-order valence-corrected chi connectivity index (χ0v) is 10.9. The minimum Gasteiger partial charge on any atom is -0.349 e. The summed E-state index contributed by atoms with van der Waals surface area (Å²) in [5.41, 5.74) is 1.69. The fraction of sp³-hybridized carbons (Fsp3) is 0.333. The largest absolute Gasteiger partial charge is 0.349 e. The van der Waals surface area contributed by atoms with Gasteiger partial charge in [0.25, 0.3) is 0 Å². The molecule has 1 rings (SSSR count). The van der Waals surface area contributed by atoms with Crippen LogP contribution >= 0.6 is 0 Å². The van der Waals surface area contributed by atoms with Gasteiger partial charge in [-0.2, -0.15) is 5.26 Å². The molecule has 1 amide bonds. The average Bonchev–Trinajstić information content (AvgIpc) is 2.38. The molecule has 94 valence electrons. The fourth-order valence-corrected chi connectivity index (χ4v) is 1.53. The van der Waals surface area contributed by atoms with Crippen LogP contribution in [-0.4, -0.2) is 24.9 Å². The monoisotopic (exact) mass is 242 g/mol. The number of hydrogen-bond acceptors (Lipinski definition) is 2.